The van der Waals surface area contributed by atoms with Crippen LogP contribution in [0.2, 0.25) is 0 Å². The number of nitrogen functional groups attached to an aromatic ring is 1. The summed E-state index contributed by atoms with van der Waals surface area (Å²) in [5, 5.41) is 10.7. The standard InChI is InChI=1S/C12H12N4O5/c1-7-9(12(18)14-13)4-8(21-7)5-15-3-2-11(17)10(6-15)16(19)20/h2-4,6H,5,13H2,1H3,(H,14,18). The molecule has 110 valence electrons. The molecule has 0 fully saturated rings. The molecule has 0 saturated heterocycles. The number of carbonyl (C=O) groups excluding carboxylic acids is 1. The highest BCUT2D eigenvalue weighted by Crippen LogP contribution is 2.16. The highest BCUT2D eigenvalue weighted by Gasteiger charge is 2.16. The lowest BCUT2D eigenvalue weighted by Gasteiger charge is -2.02. The Morgan fingerprint density at radius 2 is 2.29 bits per heavy atom. The maximum atomic E-state index is 11.5. The average Bonchev–Trinajstić information content (AvgIpc) is 2.80. The molecule has 9 nitrogen and oxygen atoms in total. The largest absolute Gasteiger partial charge is 0.464 e. The van der Waals surface area contributed by atoms with E-state index in [0.29, 0.717) is 11.5 Å². The van der Waals surface area contributed by atoms with E-state index in [4.69, 9.17) is 10.3 Å². The molecule has 0 aliphatic rings. The minimum absolute atomic E-state index is 0.139. The van der Waals surface area contributed by atoms with E-state index in [1.165, 1.54) is 16.8 Å². The first kappa shape index (κ1) is 14.5. The van der Waals surface area contributed by atoms with E-state index in [9.17, 15) is 19.7 Å². The topological polar surface area (TPSA) is 133 Å². The number of hydrogen-bond donors (Lipinski definition) is 2. The van der Waals surface area contributed by atoms with E-state index in [-0.39, 0.29) is 12.1 Å². The van der Waals surface area contributed by atoms with Gasteiger partial charge in [0.05, 0.1) is 23.2 Å². The lowest BCUT2D eigenvalue weighted by molar-refractivity contribution is -0.386. The van der Waals surface area contributed by atoms with Gasteiger partial charge in [0, 0.05) is 12.3 Å². The van der Waals surface area contributed by atoms with Gasteiger partial charge in [0.15, 0.2) is 0 Å². The Morgan fingerprint density at radius 1 is 1.57 bits per heavy atom. The van der Waals surface area contributed by atoms with Gasteiger partial charge in [-0.2, -0.15) is 0 Å². The summed E-state index contributed by atoms with van der Waals surface area (Å²) in [6, 6.07) is 2.59. The first-order valence-corrected chi connectivity index (χ1v) is 5.87. The molecule has 0 aromatic carbocycles. The lowest BCUT2D eigenvalue weighted by Crippen LogP contribution is -2.30. The van der Waals surface area contributed by atoms with Crippen molar-refractivity contribution in [1.29, 1.82) is 0 Å². The maximum Gasteiger partial charge on any atom is 0.332 e. The van der Waals surface area contributed by atoms with Crippen LogP contribution in [0.3, 0.4) is 0 Å². The van der Waals surface area contributed by atoms with Crippen molar-refractivity contribution in [3.63, 3.8) is 0 Å². The summed E-state index contributed by atoms with van der Waals surface area (Å²) in [6.45, 7) is 1.74. The molecule has 0 bridgehead atoms. The average molecular weight is 292 g/mol. The molecule has 9 heteroatoms. The number of hydrogen-bond acceptors (Lipinski definition) is 6. The molecular formula is C12H12N4O5. The lowest BCUT2D eigenvalue weighted by atomic mass is 10.2. The van der Waals surface area contributed by atoms with Gasteiger partial charge in [0.2, 0.25) is 0 Å². The Labute approximate surface area is 118 Å². The molecule has 2 aromatic rings. The van der Waals surface area contributed by atoms with Crippen LogP contribution in [0, 0.1) is 17.0 Å². The van der Waals surface area contributed by atoms with Crippen molar-refractivity contribution in [1.82, 2.24) is 9.99 Å². The molecule has 3 N–H and O–H groups in total. The third-order valence-corrected chi connectivity index (χ3v) is 2.84. The first-order valence-electron chi connectivity index (χ1n) is 5.87. The number of nitrogens with two attached hydrogens (primary N) is 1. The third-order valence-electron chi connectivity index (χ3n) is 2.84. The van der Waals surface area contributed by atoms with Crippen molar-refractivity contribution >= 4 is 11.6 Å². The smallest absolute Gasteiger partial charge is 0.332 e. The fraction of sp³-hybridized carbons (Fsp3) is 0.167. The fourth-order valence-corrected chi connectivity index (χ4v) is 1.85. The molecule has 0 spiro atoms. The number of furan rings is 1. The number of nitrogens with zero attached hydrogens (tertiary/aromatic N) is 2. The van der Waals surface area contributed by atoms with Gasteiger partial charge >= 0.3 is 5.69 Å². The van der Waals surface area contributed by atoms with Crippen molar-refractivity contribution in [2.75, 3.05) is 0 Å². The van der Waals surface area contributed by atoms with Crippen molar-refractivity contribution in [3.8, 4) is 0 Å². The predicted octanol–water partition coefficient (Wildman–Crippen LogP) is 0.310. The summed E-state index contributed by atoms with van der Waals surface area (Å²) < 4.78 is 6.81. The van der Waals surface area contributed by atoms with Gasteiger partial charge in [-0.1, -0.05) is 0 Å². The third kappa shape index (κ3) is 2.98. The molecular weight excluding hydrogens is 280 g/mol. The summed E-state index contributed by atoms with van der Waals surface area (Å²) in [5.41, 5.74) is 1.08. The van der Waals surface area contributed by atoms with E-state index < -0.39 is 21.9 Å². The second kappa shape index (κ2) is 5.59. The van der Waals surface area contributed by atoms with E-state index in [1.807, 2.05) is 5.43 Å². The van der Waals surface area contributed by atoms with Crippen LogP contribution < -0.4 is 16.7 Å². The van der Waals surface area contributed by atoms with Crippen LogP contribution in [-0.2, 0) is 6.54 Å². The van der Waals surface area contributed by atoms with Crippen LogP contribution in [-0.4, -0.2) is 15.4 Å². The maximum absolute atomic E-state index is 11.5. The summed E-state index contributed by atoms with van der Waals surface area (Å²) in [6.07, 6.45) is 2.51. The molecule has 0 unspecified atom stereocenters. The van der Waals surface area contributed by atoms with Gasteiger partial charge in [0.1, 0.15) is 11.5 Å². The molecule has 2 rings (SSSR count). The zero-order valence-corrected chi connectivity index (χ0v) is 11.0. The second-order valence-electron chi connectivity index (χ2n) is 4.28. The molecule has 2 heterocycles. The van der Waals surface area contributed by atoms with Crippen LogP contribution in [0.15, 0.2) is 33.7 Å². The SMILES string of the molecule is Cc1oc(Cn2ccc(=O)c([N+](=O)[O-])c2)cc1C(=O)NN. The number of carbonyl (C=O) groups is 1. The minimum atomic E-state index is -0.750. The molecule has 0 aliphatic carbocycles. The number of amides is 1. The molecule has 1 amide bonds. The van der Waals surface area contributed by atoms with Crippen LogP contribution in [0.25, 0.3) is 0 Å². The highest BCUT2D eigenvalue weighted by atomic mass is 16.6. The van der Waals surface area contributed by atoms with Crippen LogP contribution in [0.5, 0.6) is 0 Å². The zero-order chi connectivity index (χ0) is 15.6. The monoisotopic (exact) mass is 292 g/mol. The Balaban J connectivity index is 2.31. The molecule has 0 aliphatic heterocycles. The molecule has 0 radical (unpaired) electrons. The Bertz CT molecular complexity index is 761. The second-order valence-corrected chi connectivity index (χ2v) is 4.28. The van der Waals surface area contributed by atoms with Crippen LogP contribution in [0.4, 0.5) is 5.69 Å². The van der Waals surface area contributed by atoms with E-state index in [2.05, 4.69) is 0 Å². The van der Waals surface area contributed by atoms with Gasteiger partial charge < -0.3 is 8.98 Å². The normalized spacial score (nSPS) is 10.4. The molecule has 21 heavy (non-hydrogen) atoms. The van der Waals surface area contributed by atoms with Gasteiger partial charge in [0.25, 0.3) is 11.3 Å². The zero-order valence-electron chi connectivity index (χ0n) is 11.0. The highest BCUT2D eigenvalue weighted by molar-refractivity contribution is 5.94. The van der Waals surface area contributed by atoms with Crippen molar-refractivity contribution in [3.05, 3.63) is 61.9 Å². The minimum Gasteiger partial charge on any atom is -0.464 e. The van der Waals surface area contributed by atoms with Crippen molar-refractivity contribution in [2.24, 2.45) is 5.84 Å². The van der Waals surface area contributed by atoms with E-state index >= 15 is 0 Å². The predicted molar refractivity (Wildman–Crippen MR) is 71.6 cm³/mol. The fourth-order valence-electron chi connectivity index (χ4n) is 1.85. The molecule has 0 saturated carbocycles. The quantitative estimate of drug-likeness (QED) is 0.360. The summed E-state index contributed by atoms with van der Waals surface area (Å²) in [5.74, 6) is 5.34. The summed E-state index contributed by atoms with van der Waals surface area (Å²) in [7, 11) is 0. The first-order chi connectivity index (χ1) is 9.92. The number of hydrazine groups is 1. The number of pyridine rings is 1. The van der Waals surface area contributed by atoms with Gasteiger partial charge in [-0.3, -0.25) is 25.1 Å². The Hall–Kier alpha value is -2.94. The number of aromatic nitrogens is 1. The van der Waals surface area contributed by atoms with Crippen LogP contribution in [0.1, 0.15) is 21.9 Å². The van der Waals surface area contributed by atoms with Crippen molar-refractivity contribution < 1.29 is 14.1 Å². The van der Waals surface area contributed by atoms with Gasteiger partial charge in [-0.15, -0.1) is 0 Å². The van der Waals surface area contributed by atoms with Gasteiger partial charge in [-0.25, -0.2) is 5.84 Å². The van der Waals surface area contributed by atoms with E-state index in [0.717, 1.165) is 12.3 Å². The van der Waals surface area contributed by atoms with Crippen molar-refractivity contribution in [2.45, 2.75) is 13.5 Å². The van der Waals surface area contributed by atoms with Gasteiger partial charge in [-0.05, 0) is 13.0 Å². The van der Waals surface area contributed by atoms with Crippen LogP contribution >= 0.6 is 0 Å². The number of aryl methyl sites for hydroxylation is 1. The molecule has 2 aromatic heterocycles. The number of rotatable bonds is 4. The van der Waals surface area contributed by atoms with E-state index in [1.54, 1.807) is 6.92 Å². The summed E-state index contributed by atoms with van der Waals surface area (Å²) in [4.78, 5) is 32.7. The Kier molecular flexibility index (Phi) is 3.85. The number of nitrogens with one attached hydrogen (secondary N) is 1. The number of nitro groups is 1. The molecule has 0 atom stereocenters. The Morgan fingerprint density at radius 3 is 2.90 bits per heavy atom. The summed E-state index contributed by atoms with van der Waals surface area (Å²) >= 11 is 0.